The van der Waals surface area contributed by atoms with Crippen LogP contribution in [-0.2, 0) is 26.7 Å². The number of benzene rings is 2. The average molecular weight is 454 g/mol. The molecule has 2 aromatic carbocycles. The third kappa shape index (κ3) is 4.79. The van der Waals surface area contributed by atoms with Crippen molar-refractivity contribution in [2.24, 2.45) is 0 Å². The zero-order chi connectivity index (χ0) is 22.1. The van der Waals surface area contributed by atoms with E-state index in [0.29, 0.717) is 24.1 Å². The molecule has 1 heterocycles. The number of aromatic hydroxyl groups is 1. The minimum atomic E-state index is -4.02. The predicted molar refractivity (Wildman–Crippen MR) is 115 cm³/mol. The van der Waals surface area contributed by atoms with E-state index < -0.39 is 26.1 Å². The van der Waals surface area contributed by atoms with E-state index in [9.17, 15) is 27.0 Å². The second-order valence-electron chi connectivity index (χ2n) is 7.00. The highest BCUT2D eigenvalue weighted by atomic mass is 32.2. The first kappa shape index (κ1) is 21.8. The van der Waals surface area contributed by atoms with Crippen LogP contribution in [0.4, 0.5) is 11.4 Å². The lowest BCUT2D eigenvalue weighted by Gasteiger charge is -2.17. The van der Waals surface area contributed by atoms with Crippen molar-refractivity contribution in [2.45, 2.75) is 26.7 Å². The van der Waals surface area contributed by atoms with Crippen LogP contribution in [0.2, 0.25) is 0 Å². The third-order valence-electron chi connectivity index (χ3n) is 4.40. The van der Waals surface area contributed by atoms with Gasteiger partial charge in [0.25, 0.3) is 0 Å². The number of hydrogen-bond acceptors (Lipinski definition) is 6. The molecule has 11 heteroatoms. The number of aliphatic hydroxyl groups excluding tert-OH is 1. The van der Waals surface area contributed by atoms with Gasteiger partial charge in [-0.25, -0.2) is 17.4 Å². The molecule has 30 heavy (non-hydrogen) atoms. The van der Waals surface area contributed by atoms with Crippen molar-refractivity contribution in [3.05, 3.63) is 65.2 Å². The molecule has 1 aliphatic rings. The molecule has 0 aliphatic carbocycles. The molecule has 1 aliphatic heterocycles. The normalized spacial score (nSPS) is 15.5. The number of phenolic OH excluding ortho intramolecular Hbond substituents is 1. The lowest BCUT2D eigenvalue weighted by atomic mass is 10.0. The third-order valence-corrected chi connectivity index (χ3v) is 7.17. The van der Waals surface area contributed by atoms with Crippen molar-refractivity contribution in [1.29, 1.82) is 0 Å². The van der Waals surface area contributed by atoms with Gasteiger partial charge < -0.3 is 10.2 Å². The van der Waals surface area contributed by atoms with E-state index in [4.69, 9.17) is 0 Å². The fourth-order valence-electron chi connectivity index (χ4n) is 3.13. The Morgan fingerprint density at radius 2 is 1.87 bits per heavy atom. The van der Waals surface area contributed by atoms with Gasteiger partial charge >= 0.3 is 10.2 Å². The number of nitrogens with zero attached hydrogens (tertiary/aromatic N) is 1. The minimum absolute atomic E-state index is 0.00844. The van der Waals surface area contributed by atoms with Crippen LogP contribution in [-0.4, -0.2) is 32.8 Å². The summed E-state index contributed by atoms with van der Waals surface area (Å²) in [5, 5.41) is 19.8. The van der Waals surface area contributed by atoms with E-state index in [2.05, 4.69) is 4.72 Å². The topological polar surface area (TPSA) is 136 Å². The van der Waals surface area contributed by atoms with Crippen molar-refractivity contribution in [2.75, 3.05) is 14.8 Å². The molecule has 2 aromatic rings. The van der Waals surface area contributed by atoms with E-state index in [1.807, 2.05) is 17.7 Å². The molecule has 0 amide bonds. The fourth-order valence-corrected chi connectivity index (χ4v) is 5.37. The molecule has 4 N–H and O–H groups in total. The number of aliphatic hydroxyl groups is 1. The quantitative estimate of drug-likeness (QED) is 0.508. The second kappa shape index (κ2) is 8.07. The summed E-state index contributed by atoms with van der Waals surface area (Å²) in [4.78, 5) is 0. The summed E-state index contributed by atoms with van der Waals surface area (Å²) in [5.41, 5.74) is 2.74. The maximum absolute atomic E-state index is 12.2. The summed E-state index contributed by atoms with van der Waals surface area (Å²) in [6.45, 7) is 3.67. The molecule has 0 fully saturated rings. The second-order valence-corrected chi connectivity index (χ2v) is 10.4. The monoisotopic (exact) mass is 453 g/mol. The van der Waals surface area contributed by atoms with Crippen molar-refractivity contribution in [3.63, 3.8) is 0 Å². The molecule has 0 saturated heterocycles. The van der Waals surface area contributed by atoms with Gasteiger partial charge in [0.05, 0.1) is 17.6 Å². The van der Waals surface area contributed by atoms with Gasteiger partial charge in [-0.05, 0) is 49.1 Å². The molecule has 0 bridgehead atoms. The summed E-state index contributed by atoms with van der Waals surface area (Å²) >= 11 is 0. The number of hydrogen-bond donors (Lipinski definition) is 4. The Morgan fingerprint density at radius 3 is 2.47 bits per heavy atom. The highest BCUT2D eigenvalue weighted by molar-refractivity contribution is 7.92. The minimum Gasteiger partial charge on any atom is -0.506 e. The number of sulfonamides is 1. The molecular formula is C19H23N3O6S2. The van der Waals surface area contributed by atoms with Gasteiger partial charge in [-0.1, -0.05) is 30.7 Å². The Morgan fingerprint density at radius 1 is 1.13 bits per heavy atom. The van der Waals surface area contributed by atoms with Crippen LogP contribution in [0.15, 0.2) is 48.5 Å². The smallest absolute Gasteiger partial charge is 0.330 e. The summed E-state index contributed by atoms with van der Waals surface area (Å²) in [6, 6.07) is 9.79. The SMILES string of the molecule is CCCS(=O)(=O)Nc1ccc(C)cc1Cc1ccc(N2C=C(O)NS2(=O)=O)c(O)c1. The van der Waals surface area contributed by atoms with Gasteiger partial charge in [-0.15, -0.1) is 0 Å². The molecule has 9 nitrogen and oxygen atoms in total. The Labute approximate surface area is 175 Å². The van der Waals surface area contributed by atoms with Crippen LogP contribution in [0.3, 0.4) is 0 Å². The largest absolute Gasteiger partial charge is 0.506 e. The lowest BCUT2D eigenvalue weighted by Crippen LogP contribution is -2.29. The van der Waals surface area contributed by atoms with E-state index in [-0.39, 0.29) is 17.2 Å². The molecule has 0 spiro atoms. The van der Waals surface area contributed by atoms with Crippen molar-refractivity contribution >= 4 is 31.6 Å². The van der Waals surface area contributed by atoms with Crippen LogP contribution in [0.5, 0.6) is 5.75 Å². The summed E-state index contributed by atoms with van der Waals surface area (Å²) in [5.74, 6) is -0.846. The summed E-state index contributed by atoms with van der Waals surface area (Å²) < 4.78 is 53.6. The van der Waals surface area contributed by atoms with E-state index in [1.54, 1.807) is 25.1 Å². The number of phenols is 1. The van der Waals surface area contributed by atoms with Crippen molar-refractivity contribution in [3.8, 4) is 5.75 Å². The number of aryl methyl sites for hydroxylation is 1. The fraction of sp³-hybridized carbons (Fsp3) is 0.263. The van der Waals surface area contributed by atoms with E-state index in [0.717, 1.165) is 21.6 Å². The van der Waals surface area contributed by atoms with Gasteiger partial charge in [-0.3, -0.25) is 4.72 Å². The van der Waals surface area contributed by atoms with Gasteiger partial charge in [0, 0.05) is 0 Å². The number of nitrogens with one attached hydrogen (secondary N) is 2. The van der Waals surface area contributed by atoms with Crippen LogP contribution in [0.1, 0.15) is 30.0 Å². The highest BCUT2D eigenvalue weighted by Crippen LogP contribution is 2.33. The lowest BCUT2D eigenvalue weighted by molar-refractivity contribution is 0.392. The Hall–Kier alpha value is -2.92. The molecule has 3 rings (SSSR count). The van der Waals surface area contributed by atoms with Crippen LogP contribution in [0.25, 0.3) is 0 Å². The molecule has 0 atom stereocenters. The maximum Gasteiger partial charge on any atom is 0.330 e. The molecule has 162 valence electrons. The molecular weight excluding hydrogens is 430 g/mol. The van der Waals surface area contributed by atoms with Gasteiger partial charge in [0.1, 0.15) is 11.4 Å². The van der Waals surface area contributed by atoms with E-state index in [1.165, 1.54) is 12.1 Å². The van der Waals surface area contributed by atoms with Crippen molar-refractivity contribution < 1.29 is 27.0 Å². The van der Waals surface area contributed by atoms with Crippen LogP contribution in [0, 0.1) is 6.92 Å². The first-order valence-electron chi connectivity index (χ1n) is 9.15. The first-order chi connectivity index (χ1) is 14.0. The number of rotatable bonds is 7. The molecule has 0 unspecified atom stereocenters. The van der Waals surface area contributed by atoms with Gasteiger partial charge in [0.15, 0.2) is 0 Å². The van der Waals surface area contributed by atoms with Gasteiger partial charge in [0.2, 0.25) is 15.9 Å². The van der Waals surface area contributed by atoms with Crippen LogP contribution < -0.4 is 13.7 Å². The molecule has 0 saturated carbocycles. The standard InChI is InChI=1S/C19H23N3O6S2/c1-3-8-29(25,26)20-16-6-4-13(2)9-15(16)10-14-5-7-17(18(23)11-14)22-12-19(24)21-30(22,27)28/h4-7,9,11-12,20-21,23-24H,3,8,10H2,1-2H3. The number of anilines is 2. The average Bonchev–Trinajstić information content (AvgIpc) is 2.89. The zero-order valence-corrected chi connectivity index (χ0v) is 18.1. The van der Waals surface area contributed by atoms with Crippen LogP contribution >= 0.6 is 0 Å². The zero-order valence-electron chi connectivity index (χ0n) is 16.5. The summed E-state index contributed by atoms with van der Waals surface area (Å²) in [6.07, 6.45) is 1.75. The maximum atomic E-state index is 12.2. The Bertz CT molecular complexity index is 1210. The Kier molecular flexibility index (Phi) is 5.86. The molecule has 0 radical (unpaired) electrons. The molecule has 0 aromatic heterocycles. The highest BCUT2D eigenvalue weighted by Gasteiger charge is 2.30. The van der Waals surface area contributed by atoms with Crippen molar-refractivity contribution in [1.82, 2.24) is 4.72 Å². The Balaban J connectivity index is 1.91. The first-order valence-corrected chi connectivity index (χ1v) is 12.2. The predicted octanol–water partition coefficient (Wildman–Crippen LogP) is 2.45. The van der Waals surface area contributed by atoms with Gasteiger partial charge in [-0.2, -0.15) is 8.42 Å². The summed E-state index contributed by atoms with van der Waals surface area (Å²) in [7, 11) is -7.48. The van der Waals surface area contributed by atoms with E-state index >= 15 is 0 Å².